The highest BCUT2D eigenvalue weighted by atomic mass is 79.9. The minimum absolute atomic E-state index is 0.0295. The lowest BCUT2D eigenvalue weighted by Crippen LogP contribution is -2.26. The van der Waals surface area contributed by atoms with E-state index in [1.165, 1.54) is 0 Å². The van der Waals surface area contributed by atoms with E-state index in [-0.39, 0.29) is 11.8 Å². The van der Waals surface area contributed by atoms with Crippen LogP contribution >= 0.6 is 15.9 Å². The largest absolute Gasteiger partial charge is 0.296 e. The van der Waals surface area contributed by atoms with Gasteiger partial charge in [-0.15, -0.1) is 0 Å². The van der Waals surface area contributed by atoms with E-state index in [0.29, 0.717) is 29.9 Å². The summed E-state index contributed by atoms with van der Waals surface area (Å²) in [5, 5.41) is 3.53. The fourth-order valence-electron chi connectivity index (χ4n) is 2.03. The molecule has 1 aliphatic rings. The number of hydrogen-bond donors (Lipinski definition) is 0. The Hall–Kier alpha value is -1.59. The van der Waals surface area contributed by atoms with Crippen LogP contribution in [-0.2, 0) is 4.79 Å². The van der Waals surface area contributed by atoms with Gasteiger partial charge < -0.3 is 0 Å². The summed E-state index contributed by atoms with van der Waals surface area (Å²) in [7, 11) is 0. The van der Waals surface area contributed by atoms with E-state index in [9.17, 15) is 4.79 Å². The van der Waals surface area contributed by atoms with E-state index in [1.807, 2.05) is 19.1 Å². The first kappa shape index (κ1) is 12.9. The number of rotatable bonds is 3. The number of halogens is 1. The molecule has 0 radical (unpaired) electrons. The number of hydrogen-bond acceptors (Lipinski definition) is 3. The maximum absolute atomic E-state index is 11.9. The number of anilines is 1. The Bertz CT molecular complexity index is 526. The van der Waals surface area contributed by atoms with Gasteiger partial charge in [-0.2, -0.15) is 0 Å². The van der Waals surface area contributed by atoms with Gasteiger partial charge in [0.15, 0.2) is 0 Å². The number of pyridine rings is 1. The van der Waals surface area contributed by atoms with Crippen molar-refractivity contribution in [2.75, 3.05) is 18.0 Å². The lowest BCUT2D eigenvalue weighted by atomic mass is 10.1. The zero-order valence-corrected chi connectivity index (χ0v) is 11.5. The lowest BCUT2D eigenvalue weighted by molar-refractivity contribution is -0.117. The topological polar surface area (TPSA) is 82.0 Å². The Morgan fingerprint density at radius 3 is 3.17 bits per heavy atom. The van der Waals surface area contributed by atoms with Crippen LogP contribution < -0.4 is 4.90 Å². The van der Waals surface area contributed by atoms with E-state index < -0.39 is 0 Å². The SMILES string of the molecule is Cc1ccc(Br)nc1N1CC(CN=[N+]=[N-])CC1=O. The Kier molecular flexibility index (Phi) is 3.84. The van der Waals surface area contributed by atoms with Gasteiger partial charge in [0.2, 0.25) is 5.91 Å². The van der Waals surface area contributed by atoms with Crippen LogP contribution in [0.3, 0.4) is 0 Å². The molecule has 0 saturated carbocycles. The molecule has 1 amide bonds. The van der Waals surface area contributed by atoms with Crippen LogP contribution in [-0.4, -0.2) is 24.0 Å². The molecule has 0 spiro atoms. The summed E-state index contributed by atoms with van der Waals surface area (Å²) >= 11 is 3.30. The second kappa shape index (κ2) is 5.37. The molecular formula is C11H12BrN5O. The number of azide groups is 1. The van der Waals surface area contributed by atoms with Crippen LogP contribution in [0.2, 0.25) is 0 Å². The van der Waals surface area contributed by atoms with Crippen molar-refractivity contribution in [2.24, 2.45) is 11.0 Å². The van der Waals surface area contributed by atoms with Gasteiger partial charge in [0.05, 0.1) is 0 Å². The molecule has 1 unspecified atom stereocenters. The Labute approximate surface area is 113 Å². The predicted octanol–water partition coefficient (Wildman–Crippen LogP) is 2.82. The highest BCUT2D eigenvalue weighted by molar-refractivity contribution is 9.10. The van der Waals surface area contributed by atoms with E-state index in [0.717, 1.165) is 5.56 Å². The molecule has 1 aromatic rings. The van der Waals surface area contributed by atoms with Crippen molar-refractivity contribution in [1.29, 1.82) is 0 Å². The van der Waals surface area contributed by atoms with Crippen molar-refractivity contribution in [3.63, 3.8) is 0 Å². The van der Waals surface area contributed by atoms with Gasteiger partial charge in [-0.1, -0.05) is 11.2 Å². The Morgan fingerprint density at radius 2 is 2.44 bits per heavy atom. The highest BCUT2D eigenvalue weighted by Crippen LogP contribution is 2.27. The first-order chi connectivity index (χ1) is 8.61. The molecule has 2 heterocycles. The molecule has 0 N–H and O–H groups in total. The summed E-state index contributed by atoms with van der Waals surface area (Å²) in [6, 6.07) is 3.76. The second-order valence-electron chi connectivity index (χ2n) is 4.26. The number of amides is 1. The zero-order chi connectivity index (χ0) is 13.1. The standard InChI is InChI=1S/C11H12BrN5O/c1-7-2-3-9(12)15-11(7)17-6-8(4-10(17)18)5-14-16-13/h2-3,8H,4-6H2,1H3. The molecule has 1 atom stereocenters. The average molecular weight is 310 g/mol. The van der Waals surface area contributed by atoms with E-state index in [2.05, 4.69) is 30.9 Å². The number of aryl methyl sites for hydroxylation is 1. The van der Waals surface area contributed by atoms with Gasteiger partial charge in [-0.25, -0.2) is 4.98 Å². The van der Waals surface area contributed by atoms with E-state index in [4.69, 9.17) is 5.53 Å². The van der Waals surface area contributed by atoms with E-state index in [1.54, 1.807) is 4.90 Å². The molecule has 1 fully saturated rings. The zero-order valence-electron chi connectivity index (χ0n) is 9.88. The molecule has 94 valence electrons. The van der Waals surface area contributed by atoms with Crippen molar-refractivity contribution >= 4 is 27.7 Å². The van der Waals surface area contributed by atoms with Crippen LogP contribution in [0.25, 0.3) is 10.4 Å². The molecule has 0 bridgehead atoms. The molecular weight excluding hydrogens is 298 g/mol. The smallest absolute Gasteiger partial charge is 0.228 e. The molecule has 0 aliphatic carbocycles. The molecule has 18 heavy (non-hydrogen) atoms. The first-order valence-electron chi connectivity index (χ1n) is 5.56. The minimum atomic E-state index is 0.0295. The summed E-state index contributed by atoms with van der Waals surface area (Å²) in [4.78, 5) is 20.7. The number of carbonyl (C=O) groups excluding carboxylic acids is 1. The summed E-state index contributed by atoms with van der Waals surface area (Å²) in [5.74, 6) is 0.785. The monoisotopic (exact) mass is 309 g/mol. The molecule has 6 nitrogen and oxygen atoms in total. The van der Waals surface area contributed by atoms with E-state index >= 15 is 0 Å². The van der Waals surface area contributed by atoms with Gasteiger partial charge in [-0.05, 0) is 45.9 Å². The predicted molar refractivity (Wildman–Crippen MR) is 71.1 cm³/mol. The van der Waals surface area contributed by atoms with Crippen molar-refractivity contribution in [3.05, 3.63) is 32.7 Å². The first-order valence-corrected chi connectivity index (χ1v) is 6.35. The van der Waals surface area contributed by atoms with Crippen LogP contribution in [0.4, 0.5) is 5.82 Å². The molecule has 1 aliphatic heterocycles. The third-order valence-electron chi connectivity index (χ3n) is 2.90. The van der Waals surface area contributed by atoms with Gasteiger partial charge in [0.25, 0.3) is 0 Å². The molecule has 1 aromatic heterocycles. The van der Waals surface area contributed by atoms with Crippen LogP contribution in [0.5, 0.6) is 0 Å². The molecule has 1 saturated heterocycles. The fraction of sp³-hybridized carbons (Fsp3) is 0.455. The Balaban J connectivity index is 2.21. The maximum atomic E-state index is 11.9. The van der Waals surface area contributed by atoms with Gasteiger partial charge in [0, 0.05) is 24.4 Å². The van der Waals surface area contributed by atoms with Gasteiger partial charge in [-0.3, -0.25) is 9.69 Å². The minimum Gasteiger partial charge on any atom is -0.296 e. The van der Waals surface area contributed by atoms with Crippen molar-refractivity contribution < 1.29 is 4.79 Å². The summed E-state index contributed by atoms with van der Waals surface area (Å²) in [6.07, 6.45) is 0.409. The second-order valence-corrected chi connectivity index (χ2v) is 5.07. The van der Waals surface area contributed by atoms with Crippen LogP contribution in [0.1, 0.15) is 12.0 Å². The quantitative estimate of drug-likeness (QED) is 0.372. The Morgan fingerprint density at radius 1 is 1.67 bits per heavy atom. The van der Waals surface area contributed by atoms with Crippen molar-refractivity contribution in [1.82, 2.24) is 4.98 Å². The van der Waals surface area contributed by atoms with Crippen LogP contribution in [0, 0.1) is 12.8 Å². The molecule has 2 rings (SSSR count). The normalized spacial score (nSPS) is 18.9. The number of aromatic nitrogens is 1. The van der Waals surface area contributed by atoms with Gasteiger partial charge >= 0.3 is 0 Å². The number of nitrogens with zero attached hydrogens (tertiary/aromatic N) is 5. The summed E-state index contributed by atoms with van der Waals surface area (Å²) < 4.78 is 0.703. The lowest BCUT2D eigenvalue weighted by Gasteiger charge is -2.17. The highest BCUT2D eigenvalue weighted by Gasteiger charge is 2.31. The van der Waals surface area contributed by atoms with Crippen LogP contribution in [0.15, 0.2) is 21.9 Å². The molecule has 7 heteroatoms. The third kappa shape index (κ3) is 2.63. The third-order valence-corrected chi connectivity index (χ3v) is 3.34. The summed E-state index contributed by atoms with van der Waals surface area (Å²) in [5.41, 5.74) is 9.25. The van der Waals surface area contributed by atoms with Crippen molar-refractivity contribution in [2.45, 2.75) is 13.3 Å². The van der Waals surface area contributed by atoms with Crippen molar-refractivity contribution in [3.8, 4) is 0 Å². The molecule has 0 aromatic carbocycles. The number of carbonyl (C=O) groups is 1. The maximum Gasteiger partial charge on any atom is 0.228 e. The summed E-state index contributed by atoms with van der Waals surface area (Å²) in [6.45, 7) is 2.83. The average Bonchev–Trinajstić information content (AvgIpc) is 2.71. The van der Waals surface area contributed by atoms with Gasteiger partial charge in [0.1, 0.15) is 10.4 Å². The fourth-order valence-corrected chi connectivity index (χ4v) is 2.33.